The molecule has 156 valence electrons. The highest BCUT2D eigenvalue weighted by molar-refractivity contribution is 7.80. The summed E-state index contributed by atoms with van der Waals surface area (Å²) in [6.07, 6.45) is 6.03. The van der Waals surface area contributed by atoms with Crippen LogP contribution in [0.1, 0.15) is 59.8 Å². The minimum atomic E-state index is -4.41. The molecule has 1 amide bonds. The molecule has 0 fully saturated rings. The van der Waals surface area contributed by atoms with Gasteiger partial charge in [-0.2, -0.15) is 0 Å². The molecular weight excluding hydrogens is 356 g/mol. The Hall–Kier alpha value is -0.960. The predicted molar refractivity (Wildman–Crippen MR) is 104 cm³/mol. The van der Waals surface area contributed by atoms with Crippen LogP contribution in [-0.2, 0) is 19.4 Å². The molecule has 0 rings (SSSR count). The molecule has 0 aliphatic carbocycles. The van der Waals surface area contributed by atoms with Crippen molar-refractivity contribution in [3.8, 4) is 0 Å². The summed E-state index contributed by atoms with van der Waals surface area (Å²) in [5, 5.41) is 2.92. The molecule has 26 heavy (non-hydrogen) atoms. The van der Waals surface area contributed by atoms with Crippen LogP contribution in [0.15, 0.2) is 12.2 Å². The standard InChI is InChI=1S/C17H34N2O.CH4O4S/c1-6-12-19(13-7-2,14-8-3)15-10-9-11-18-17(20)16(4)5;1-5-6(2,3)4/h4,6-15H2,1-3,5H3;1H3,(H,2,3,4). The average molecular weight is 395 g/mol. The van der Waals surface area contributed by atoms with Crippen molar-refractivity contribution in [1.29, 1.82) is 0 Å². The van der Waals surface area contributed by atoms with E-state index in [0.717, 1.165) is 20.1 Å². The normalized spacial score (nSPS) is 11.5. The Morgan fingerprint density at radius 2 is 1.46 bits per heavy atom. The number of quaternary nitrogens is 1. The molecule has 1 N–H and O–H groups in total. The molecule has 0 spiro atoms. The van der Waals surface area contributed by atoms with Gasteiger partial charge in [0, 0.05) is 12.1 Å². The lowest BCUT2D eigenvalue weighted by Crippen LogP contribution is -2.50. The van der Waals surface area contributed by atoms with Crippen LogP contribution < -0.4 is 5.32 Å². The van der Waals surface area contributed by atoms with Crippen molar-refractivity contribution in [3.63, 3.8) is 0 Å². The first kappa shape index (κ1) is 27.3. The maximum absolute atomic E-state index is 11.4. The molecule has 7 nitrogen and oxygen atoms in total. The fourth-order valence-corrected chi connectivity index (χ4v) is 3.02. The summed E-state index contributed by atoms with van der Waals surface area (Å²) in [5.74, 6) is -0.0126. The van der Waals surface area contributed by atoms with Crippen molar-refractivity contribution >= 4 is 16.3 Å². The first-order valence-electron chi connectivity index (χ1n) is 9.37. The quantitative estimate of drug-likeness (QED) is 0.170. The van der Waals surface area contributed by atoms with Gasteiger partial charge < -0.3 is 14.4 Å². The number of carbonyl (C=O) groups is 1. The number of hydrogen-bond donors (Lipinski definition) is 1. The van der Waals surface area contributed by atoms with Crippen LogP contribution in [0, 0.1) is 0 Å². The number of carbonyl (C=O) groups excluding carboxylic acids is 1. The van der Waals surface area contributed by atoms with Crippen molar-refractivity contribution in [2.75, 3.05) is 39.8 Å². The van der Waals surface area contributed by atoms with Gasteiger partial charge in [-0.05, 0) is 39.0 Å². The van der Waals surface area contributed by atoms with Gasteiger partial charge in [-0.3, -0.25) is 8.98 Å². The number of nitrogens with one attached hydrogen (secondary N) is 1. The van der Waals surface area contributed by atoms with E-state index in [-0.39, 0.29) is 5.91 Å². The van der Waals surface area contributed by atoms with Crippen molar-refractivity contribution in [2.24, 2.45) is 0 Å². The van der Waals surface area contributed by atoms with Crippen LogP contribution in [0.25, 0.3) is 0 Å². The zero-order chi connectivity index (χ0) is 20.6. The Morgan fingerprint density at radius 3 is 1.77 bits per heavy atom. The summed E-state index contributed by atoms with van der Waals surface area (Å²) >= 11 is 0. The third-order valence-electron chi connectivity index (χ3n) is 4.03. The average Bonchev–Trinajstić information content (AvgIpc) is 2.55. The van der Waals surface area contributed by atoms with Crippen molar-refractivity contribution in [3.05, 3.63) is 12.2 Å². The van der Waals surface area contributed by atoms with Gasteiger partial charge in [-0.25, -0.2) is 8.42 Å². The number of nitrogens with zero attached hydrogens (tertiary/aromatic N) is 1. The molecule has 0 atom stereocenters. The number of unbranched alkanes of at least 4 members (excludes halogenated alkanes) is 1. The van der Waals surface area contributed by atoms with Crippen molar-refractivity contribution in [1.82, 2.24) is 5.32 Å². The van der Waals surface area contributed by atoms with Gasteiger partial charge >= 0.3 is 0 Å². The summed E-state index contributed by atoms with van der Waals surface area (Å²) in [5.41, 5.74) is 0.595. The zero-order valence-electron chi connectivity index (χ0n) is 17.2. The summed E-state index contributed by atoms with van der Waals surface area (Å²) in [6, 6.07) is 0. The maximum atomic E-state index is 11.4. The summed E-state index contributed by atoms with van der Waals surface area (Å²) < 4.78 is 32.3. The first-order valence-corrected chi connectivity index (χ1v) is 10.7. The molecule has 0 aliphatic heterocycles. The second-order valence-corrected chi connectivity index (χ2v) is 7.70. The maximum Gasteiger partial charge on any atom is 0.246 e. The summed E-state index contributed by atoms with van der Waals surface area (Å²) in [4.78, 5) is 11.4. The molecule has 0 bridgehead atoms. The van der Waals surface area contributed by atoms with Crippen LogP contribution in [0.5, 0.6) is 0 Å². The molecule has 0 aromatic carbocycles. The molecule has 0 saturated carbocycles. The van der Waals surface area contributed by atoms with Crippen LogP contribution in [0.2, 0.25) is 0 Å². The van der Waals surface area contributed by atoms with Gasteiger partial charge in [0.1, 0.15) is 0 Å². The smallest absolute Gasteiger partial charge is 0.246 e. The third kappa shape index (κ3) is 15.3. The fourth-order valence-electron chi connectivity index (χ4n) is 3.02. The van der Waals surface area contributed by atoms with Gasteiger partial charge in [0.25, 0.3) is 0 Å². The Morgan fingerprint density at radius 1 is 1.04 bits per heavy atom. The van der Waals surface area contributed by atoms with Crippen LogP contribution in [0.4, 0.5) is 0 Å². The van der Waals surface area contributed by atoms with E-state index in [4.69, 9.17) is 0 Å². The Labute approximate surface area is 160 Å². The molecule has 0 aliphatic rings. The Kier molecular flexibility index (Phi) is 15.9. The van der Waals surface area contributed by atoms with Gasteiger partial charge in [-0.1, -0.05) is 27.4 Å². The molecule has 0 saturated heterocycles. The van der Waals surface area contributed by atoms with Crippen LogP contribution in [0.3, 0.4) is 0 Å². The van der Waals surface area contributed by atoms with Crippen molar-refractivity contribution < 1.29 is 26.4 Å². The van der Waals surface area contributed by atoms with Gasteiger partial charge in [-0.15, -0.1) is 0 Å². The van der Waals surface area contributed by atoms with Crippen LogP contribution in [-0.4, -0.2) is 63.2 Å². The van der Waals surface area contributed by atoms with E-state index in [9.17, 15) is 17.8 Å². The highest BCUT2D eigenvalue weighted by Gasteiger charge is 2.23. The fraction of sp³-hybridized carbons (Fsp3) is 0.833. The molecule has 0 aromatic heterocycles. The van der Waals surface area contributed by atoms with E-state index in [2.05, 4.69) is 36.9 Å². The molecule has 0 radical (unpaired) electrons. The SMILES string of the molecule is C=C(C)C(=O)NCCCC[N+](CCC)(CCC)CCC.COS(=O)(=O)[O-]. The number of amides is 1. The lowest BCUT2D eigenvalue weighted by Gasteiger charge is -2.38. The van der Waals surface area contributed by atoms with E-state index < -0.39 is 10.4 Å². The van der Waals surface area contributed by atoms with Gasteiger partial charge in [0.2, 0.25) is 16.3 Å². The first-order chi connectivity index (χ1) is 12.1. The van der Waals surface area contributed by atoms with E-state index >= 15 is 0 Å². The second-order valence-electron chi connectivity index (χ2n) is 6.55. The lowest BCUT2D eigenvalue weighted by atomic mass is 10.2. The van der Waals surface area contributed by atoms with Crippen molar-refractivity contribution in [2.45, 2.75) is 59.8 Å². The topological polar surface area (TPSA) is 95.5 Å². The molecule has 0 unspecified atom stereocenters. The summed E-state index contributed by atoms with van der Waals surface area (Å²) in [7, 11) is -3.60. The van der Waals surface area contributed by atoms with Crippen LogP contribution >= 0.6 is 0 Å². The monoisotopic (exact) mass is 394 g/mol. The highest BCUT2D eigenvalue weighted by Crippen LogP contribution is 2.13. The minimum Gasteiger partial charge on any atom is -0.726 e. The number of rotatable bonds is 13. The minimum absolute atomic E-state index is 0.0126. The predicted octanol–water partition coefficient (Wildman–Crippen LogP) is 2.60. The molecular formula is C18H38N2O5S. The lowest BCUT2D eigenvalue weighted by molar-refractivity contribution is -0.928. The van der Waals surface area contributed by atoms with E-state index in [1.807, 2.05) is 0 Å². The third-order valence-corrected chi connectivity index (χ3v) is 4.44. The Bertz CT molecular complexity index is 475. The largest absolute Gasteiger partial charge is 0.726 e. The van der Waals surface area contributed by atoms with E-state index in [0.29, 0.717) is 5.57 Å². The number of hydrogen-bond acceptors (Lipinski definition) is 5. The van der Waals surface area contributed by atoms with E-state index in [1.165, 1.54) is 56.3 Å². The molecule has 0 aromatic rings. The summed E-state index contributed by atoms with van der Waals surface area (Å²) in [6.45, 7) is 18.1. The van der Waals surface area contributed by atoms with Gasteiger partial charge in [0.15, 0.2) is 0 Å². The zero-order valence-corrected chi connectivity index (χ0v) is 18.0. The highest BCUT2D eigenvalue weighted by atomic mass is 32.3. The molecule has 0 heterocycles. The van der Waals surface area contributed by atoms with Gasteiger partial charge in [0.05, 0.1) is 33.3 Å². The molecule has 8 heteroatoms. The second kappa shape index (κ2) is 15.1. The Balaban J connectivity index is 0. The van der Waals surface area contributed by atoms with E-state index in [1.54, 1.807) is 6.92 Å².